The van der Waals surface area contributed by atoms with Crippen molar-refractivity contribution in [3.63, 3.8) is 0 Å². The topological polar surface area (TPSA) is 401 Å². The molecule has 1 heterocycles. The molecule has 14 N–H and O–H groups in total. The second-order valence-corrected chi connectivity index (χ2v) is 19.8. The van der Waals surface area contributed by atoms with E-state index < -0.39 is 103 Å². The lowest BCUT2D eigenvalue weighted by molar-refractivity contribution is -0.143. The second-order valence-electron chi connectivity index (χ2n) is 19.0. The summed E-state index contributed by atoms with van der Waals surface area (Å²) in [5.74, 6) is -9.78. The number of phenolic OH excluding ortho intramolecular Hbond substituents is 1. The van der Waals surface area contributed by atoms with E-state index in [2.05, 4.69) is 42.5 Å². The molecule has 1 aliphatic carbocycles. The molecule has 2 unspecified atom stereocenters. The van der Waals surface area contributed by atoms with Crippen molar-refractivity contribution in [1.82, 2.24) is 37.2 Å². The standard InChI is InChI=1S/C57H58N8O17S2/c66-33-12-15-36-44(28-33)82-45-29-34(67)13-16-37(45)49(36)35-14-11-32(27-38(35)52(74)75)60-56(83)65-43(26-31-9-5-2-6-10-31)51(73)62-42(25-30-7-3-1-4-8-30)50(72)61-39(53(76)77)17-20-46(68)58-23-24-59-47(69)21-18-40(54(78)79)63-57(84)64-41(55(80)81)19-22-48(70)71/h1-16,27-29,39-43,66H,17-26H2,(H,58,68)(H,59,69)(H,61,72)(H,62,73)(H,70,71)(H,74,75)(H,76,77)(H,78,79)(H,80,81)(H2,60,65,83)(H2,63,64,84)/t39-,40+,41+,42?,43?/m1/s1. The van der Waals surface area contributed by atoms with Crippen molar-refractivity contribution >= 4 is 105 Å². The summed E-state index contributed by atoms with van der Waals surface area (Å²) in [6.45, 7) is -0.255. The van der Waals surface area contributed by atoms with Crippen LogP contribution in [0.2, 0.25) is 0 Å². The van der Waals surface area contributed by atoms with Gasteiger partial charge in [0.05, 0.1) is 5.56 Å². The van der Waals surface area contributed by atoms with Crippen LogP contribution in [0.3, 0.4) is 0 Å². The van der Waals surface area contributed by atoms with Crippen molar-refractivity contribution < 1.29 is 78.2 Å². The number of aromatic hydroxyl groups is 1. The third-order valence-electron chi connectivity index (χ3n) is 12.8. The lowest BCUT2D eigenvalue weighted by atomic mass is 9.90. The number of hydrogen-bond acceptors (Lipinski definition) is 14. The highest BCUT2D eigenvalue weighted by Gasteiger charge is 2.31. The first-order valence-corrected chi connectivity index (χ1v) is 26.7. The number of aromatic carboxylic acids is 1. The Bertz CT molecular complexity index is 3480. The fraction of sp³-hybridized carbons (Fsp3) is 0.263. The van der Waals surface area contributed by atoms with E-state index in [1.807, 2.05) is 0 Å². The van der Waals surface area contributed by atoms with E-state index in [0.29, 0.717) is 27.6 Å². The fourth-order valence-corrected chi connectivity index (χ4v) is 9.23. The Morgan fingerprint density at radius 3 is 1.52 bits per heavy atom. The number of thiocarbonyl (C=S) groups is 2. The van der Waals surface area contributed by atoms with Gasteiger partial charge in [-0.3, -0.25) is 28.8 Å². The number of phenols is 1. The van der Waals surface area contributed by atoms with Crippen molar-refractivity contribution in [3.8, 4) is 28.2 Å². The van der Waals surface area contributed by atoms with Crippen molar-refractivity contribution in [2.45, 2.75) is 81.6 Å². The van der Waals surface area contributed by atoms with E-state index in [4.69, 9.17) is 34.0 Å². The number of nitrogens with one attached hydrogen (secondary N) is 8. The number of carbonyl (C=O) groups excluding carboxylic acids is 4. The van der Waals surface area contributed by atoms with Gasteiger partial charge < -0.3 is 77.6 Å². The van der Waals surface area contributed by atoms with E-state index in [1.165, 1.54) is 42.5 Å². The van der Waals surface area contributed by atoms with Crippen LogP contribution in [-0.2, 0) is 51.2 Å². The SMILES string of the molecule is O=C(O)CC[C@H](NC(=S)N[C@@H](CCC(=O)NCCNC(=O)CC[C@@H](NC(=O)C(Cc1ccccc1)NC(=O)C(Cc1ccccc1)NC(=S)Nc1ccc(-c2c3ccc(=O)cc-3oc3cc(O)ccc23)c(C(=O)O)c1)C(=O)O)C(=O)O)C(=O)O. The smallest absolute Gasteiger partial charge is 0.336 e. The Labute approximate surface area is 488 Å². The van der Waals surface area contributed by atoms with Crippen LogP contribution in [0, 0.1) is 0 Å². The highest BCUT2D eigenvalue weighted by atomic mass is 32.1. The van der Waals surface area contributed by atoms with Gasteiger partial charge in [-0.15, -0.1) is 0 Å². The molecule has 0 aromatic heterocycles. The van der Waals surface area contributed by atoms with Crippen LogP contribution in [0.25, 0.3) is 33.4 Å². The molecular formula is C57H58N8O17S2. The van der Waals surface area contributed by atoms with Gasteiger partial charge in [0.2, 0.25) is 23.6 Å². The molecule has 2 aliphatic rings. The Morgan fingerprint density at radius 1 is 0.512 bits per heavy atom. The van der Waals surface area contributed by atoms with Crippen LogP contribution in [0.5, 0.6) is 5.75 Å². The number of hydrogen-bond donors (Lipinski definition) is 14. The number of fused-ring (bicyclic) bond motifs is 2. The maximum Gasteiger partial charge on any atom is 0.336 e. The van der Waals surface area contributed by atoms with Gasteiger partial charge in [0.15, 0.2) is 15.7 Å². The van der Waals surface area contributed by atoms with Gasteiger partial charge in [0.25, 0.3) is 0 Å². The van der Waals surface area contributed by atoms with Gasteiger partial charge in [-0.2, -0.15) is 0 Å². The maximum atomic E-state index is 14.4. The lowest BCUT2D eigenvalue weighted by Crippen LogP contribution is -2.57. The molecule has 5 atom stereocenters. The summed E-state index contributed by atoms with van der Waals surface area (Å²) in [5, 5.41) is 79.5. The van der Waals surface area contributed by atoms with Crippen molar-refractivity contribution in [2.75, 3.05) is 18.4 Å². The number of benzene rings is 5. The van der Waals surface area contributed by atoms with Crippen LogP contribution in [0.4, 0.5) is 5.69 Å². The first kappa shape index (κ1) is 63.2. The molecule has 6 rings (SSSR count). The molecule has 1 aliphatic heterocycles. The Kier molecular flexibility index (Phi) is 22.7. The van der Waals surface area contributed by atoms with Crippen LogP contribution in [0.1, 0.15) is 60.0 Å². The molecule has 84 heavy (non-hydrogen) atoms. The first-order chi connectivity index (χ1) is 40.0. The molecule has 440 valence electrons. The summed E-state index contributed by atoms with van der Waals surface area (Å²) in [6, 6.07) is 23.1. The molecule has 4 amide bonds. The number of carbonyl (C=O) groups is 9. The van der Waals surface area contributed by atoms with Crippen LogP contribution < -0.4 is 48.0 Å². The van der Waals surface area contributed by atoms with E-state index in [9.17, 15) is 73.5 Å². The van der Waals surface area contributed by atoms with Gasteiger partial charge in [-0.25, -0.2) is 19.2 Å². The molecule has 4 aromatic carbocycles. The van der Waals surface area contributed by atoms with E-state index in [0.717, 1.165) is 0 Å². The zero-order chi connectivity index (χ0) is 61.0. The number of carboxylic acids is 5. The Hall–Kier alpha value is -10.0. The molecule has 0 saturated carbocycles. The molecule has 4 aromatic rings. The minimum absolute atomic E-state index is 0.0113. The molecule has 25 nitrogen and oxygen atoms in total. The molecule has 0 saturated heterocycles. The van der Waals surface area contributed by atoms with Gasteiger partial charge in [-0.1, -0.05) is 66.7 Å². The number of carboxylic acid groups (broad SMARTS) is 5. The molecule has 0 radical (unpaired) electrons. The normalized spacial score (nSPS) is 12.7. The van der Waals surface area contributed by atoms with Crippen molar-refractivity contribution in [2.24, 2.45) is 0 Å². The second kappa shape index (κ2) is 30.2. The predicted octanol–water partition coefficient (Wildman–Crippen LogP) is 3.19. The highest BCUT2D eigenvalue weighted by Crippen LogP contribution is 2.42. The number of aliphatic carboxylic acids is 4. The monoisotopic (exact) mass is 1190 g/mol. The van der Waals surface area contributed by atoms with Crippen molar-refractivity contribution in [1.29, 1.82) is 0 Å². The van der Waals surface area contributed by atoms with Crippen LogP contribution in [-0.4, -0.2) is 138 Å². The van der Waals surface area contributed by atoms with E-state index in [-0.39, 0.29) is 94.8 Å². The third kappa shape index (κ3) is 18.8. The summed E-state index contributed by atoms with van der Waals surface area (Å²) in [7, 11) is 0. The summed E-state index contributed by atoms with van der Waals surface area (Å²) < 4.78 is 5.93. The van der Waals surface area contributed by atoms with Gasteiger partial charge in [-0.05, 0) is 96.8 Å². The van der Waals surface area contributed by atoms with Gasteiger partial charge in [0, 0.05) is 79.5 Å². The summed E-state index contributed by atoms with van der Waals surface area (Å²) in [6.07, 6.45) is -2.40. The van der Waals surface area contributed by atoms with E-state index in [1.54, 1.807) is 72.8 Å². The van der Waals surface area contributed by atoms with Crippen molar-refractivity contribution in [3.05, 3.63) is 142 Å². The molecule has 0 fully saturated rings. The molecule has 27 heteroatoms. The first-order valence-electron chi connectivity index (χ1n) is 25.9. The zero-order valence-electron chi connectivity index (χ0n) is 44.4. The fourth-order valence-electron chi connectivity index (χ4n) is 8.68. The minimum atomic E-state index is -1.62. The summed E-state index contributed by atoms with van der Waals surface area (Å²) in [5.41, 5.74) is 2.20. The number of rotatable bonds is 29. The van der Waals surface area contributed by atoms with Crippen LogP contribution >= 0.6 is 24.4 Å². The highest BCUT2D eigenvalue weighted by molar-refractivity contribution is 7.80. The third-order valence-corrected chi connectivity index (χ3v) is 13.3. The molecular weight excluding hydrogens is 1130 g/mol. The molecule has 0 spiro atoms. The number of amides is 4. The quantitative estimate of drug-likeness (QED) is 0.0182. The Balaban J connectivity index is 1.08. The van der Waals surface area contributed by atoms with Gasteiger partial charge in [0.1, 0.15) is 47.3 Å². The summed E-state index contributed by atoms with van der Waals surface area (Å²) in [4.78, 5) is 126. The summed E-state index contributed by atoms with van der Waals surface area (Å²) >= 11 is 10.7. The average molecular weight is 1190 g/mol. The zero-order valence-corrected chi connectivity index (χ0v) is 46.1. The Morgan fingerprint density at radius 2 is 1.00 bits per heavy atom. The number of anilines is 1. The lowest BCUT2D eigenvalue weighted by Gasteiger charge is -2.26. The predicted molar refractivity (Wildman–Crippen MR) is 311 cm³/mol. The minimum Gasteiger partial charge on any atom is -0.508 e. The largest absolute Gasteiger partial charge is 0.508 e. The molecule has 0 bridgehead atoms. The maximum absolute atomic E-state index is 14.4. The van der Waals surface area contributed by atoms with Crippen LogP contribution in [0.15, 0.2) is 124 Å². The average Bonchev–Trinajstić information content (AvgIpc) is 3.50. The van der Waals surface area contributed by atoms with E-state index >= 15 is 0 Å². The van der Waals surface area contributed by atoms with Gasteiger partial charge >= 0.3 is 29.8 Å².